The van der Waals surface area contributed by atoms with Crippen LogP contribution in [0.3, 0.4) is 0 Å². The molecule has 0 saturated carbocycles. The molecule has 0 aliphatic rings. The molecular weight excluding hydrogens is 395 g/mol. The molecule has 3 N–H and O–H groups in total. The van der Waals surface area contributed by atoms with E-state index in [9.17, 15) is 0 Å². The second-order valence-electron chi connectivity index (χ2n) is 6.01. The molecule has 1 aromatic heterocycles. The molecule has 1 aromatic rings. The average Bonchev–Trinajstić information content (AvgIpc) is 2.90. The molecule has 0 spiro atoms. The molecule has 0 fully saturated rings. The molecule has 0 radical (unpaired) electrons. The maximum Gasteiger partial charge on any atom is 0.191 e. The first-order valence-electron chi connectivity index (χ1n) is 7.14. The average molecular weight is 424 g/mol. The molecule has 122 valence electrons. The van der Waals surface area contributed by atoms with Gasteiger partial charge >= 0.3 is 0 Å². The number of rotatable bonds is 6. The van der Waals surface area contributed by atoms with Gasteiger partial charge in [0.05, 0.1) is 0 Å². The van der Waals surface area contributed by atoms with Crippen LogP contribution in [0, 0.1) is 0 Å². The third kappa shape index (κ3) is 9.31. The van der Waals surface area contributed by atoms with E-state index in [0.29, 0.717) is 5.92 Å². The van der Waals surface area contributed by atoms with Crippen LogP contribution in [-0.4, -0.2) is 38.2 Å². The molecule has 0 aromatic carbocycles. The Labute approximate surface area is 150 Å². The summed E-state index contributed by atoms with van der Waals surface area (Å²) in [6, 6.07) is 2.18. The molecular formula is C15H29IN4S. The monoisotopic (exact) mass is 424 g/mol. The van der Waals surface area contributed by atoms with E-state index in [0.717, 1.165) is 25.6 Å². The number of nitrogens with zero attached hydrogens (tertiary/aromatic N) is 1. The molecule has 1 unspecified atom stereocenters. The fourth-order valence-corrected chi connectivity index (χ4v) is 2.54. The van der Waals surface area contributed by atoms with Crippen molar-refractivity contribution in [1.29, 1.82) is 0 Å². The molecule has 1 rings (SSSR count). The summed E-state index contributed by atoms with van der Waals surface area (Å²) in [4.78, 5) is 4.24. The molecule has 1 atom stereocenters. The Hall–Kier alpha value is -0.340. The highest BCUT2D eigenvalue weighted by Gasteiger charge is 2.08. The molecule has 0 bridgehead atoms. The number of aliphatic imine (C=N–C) groups is 1. The van der Waals surface area contributed by atoms with E-state index in [4.69, 9.17) is 0 Å². The fraction of sp³-hybridized carbons (Fsp3) is 0.667. The zero-order valence-electron chi connectivity index (χ0n) is 13.7. The van der Waals surface area contributed by atoms with Gasteiger partial charge in [-0.2, -0.15) is 11.3 Å². The lowest BCUT2D eigenvalue weighted by Crippen LogP contribution is -2.45. The highest BCUT2D eigenvalue weighted by atomic mass is 127. The standard InChI is InChI=1S/C15H28N4S.HI/c1-12(13-6-9-20-11-13)10-18-14(16-5)17-7-8-19-15(2,3)4;/h6,9,11-12,19H,7-8,10H2,1-5H3,(H2,16,17,18);1H. The SMILES string of the molecule is CN=C(NCCNC(C)(C)C)NCC(C)c1ccsc1.I. The van der Waals surface area contributed by atoms with Crippen molar-refractivity contribution < 1.29 is 0 Å². The molecule has 0 aliphatic heterocycles. The third-order valence-corrected chi connectivity index (χ3v) is 3.69. The first-order valence-corrected chi connectivity index (χ1v) is 8.08. The van der Waals surface area contributed by atoms with Crippen molar-refractivity contribution >= 4 is 41.3 Å². The Morgan fingerprint density at radius 3 is 2.52 bits per heavy atom. The second kappa shape index (κ2) is 10.4. The number of nitrogens with one attached hydrogen (secondary N) is 3. The van der Waals surface area contributed by atoms with Crippen LogP contribution in [0.15, 0.2) is 21.8 Å². The lowest BCUT2D eigenvalue weighted by atomic mass is 10.1. The summed E-state index contributed by atoms with van der Waals surface area (Å²) >= 11 is 1.75. The van der Waals surface area contributed by atoms with Crippen molar-refractivity contribution in [3.8, 4) is 0 Å². The van der Waals surface area contributed by atoms with Crippen molar-refractivity contribution in [1.82, 2.24) is 16.0 Å². The summed E-state index contributed by atoms with van der Waals surface area (Å²) in [5.41, 5.74) is 1.54. The molecule has 21 heavy (non-hydrogen) atoms. The predicted molar refractivity (Wildman–Crippen MR) is 105 cm³/mol. The summed E-state index contributed by atoms with van der Waals surface area (Å²) in [6.45, 7) is 11.4. The van der Waals surface area contributed by atoms with Crippen LogP contribution in [0.1, 0.15) is 39.2 Å². The molecule has 0 aliphatic carbocycles. The van der Waals surface area contributed by atoms with Crippen LogP contribution in [0.2, 0.25) is 0 Å². The molecule has 0 saturated heterocycles. The number of thiophene rings is 1. The molecule has 1 heterocycles. The summed E-state index contributed by atoms with van der Waals surface area (Å²) in [5, 5.41) is 14.5. The zero-order chi connectivity index (χ0) is 15.0. The predicted octanol–water partition coefficient (Wildman–Crippen LogP) is 3.02. The quantitative estimate of drug-likeness (QED) is 0.285. The van der Waals surface area contributed by atoms with Crippen LogP contribution < -0.4 is 16.0 Å². The van der Waals surface area contributed by atoms with E-state index in [2.05, 4.69) is 65.5 Å². The minimum Gasteiger partial charge on any atom is -0.356 e. The summed E-state index contributed by atoms with van der Waals surface area (Å²) in [5.74, 6) is 1.36. The first kappa shape index (κ1) is 20.7. The molecule has 6 heteroatoms. The Morgan fingerprint density at radius 1 is 1.29 bits per heavy atom. The van der Waals surface area contributed by atoms with E-state index in [1.54, 1.807) is 11.3 Å². The Balaban J connectivity index is 0.00000400. The number of hydrogen-bond acceptors (Lipinski definition) is 3. The van der Waals surface area contributed by atoms with Gasteiger partial charge < -0.3 is 16.0 Å². The van der Waals surface area contributed by atoms with E-state index >= 15 is 0 Å². The summed E-state index contributed by atoms with van der Waals surface area (Å²) in [7, 11) is 1.81. The van der Waals surface area contributed by atoms with Crippen LogP contribution in [-0.2, 0) is 0 Å². The maximum absolute atomic E-state index is 4.24. The summed E-state index contributed by atoms with van der Waals surface area (Å²) in [6.07, 6.45) is 0. The fourth-order valence-electron chi connectivity index (χ4n) is 1.76. The maximum atomic E-state index is 4.24. The van der Waals surface area contributed by atoms with Crippen molar-refractivity contribution in [2.24, 2.45) is 4.99 Å². The van der Waals surface area contributed by atoms with Crippen LogP contribution in [0.5, 0.6) is 0 Å². The number of hydrogen-bond donors (Lipinski definition) is 3. The number of guanidine groups is 1. The minimum absolute atomic E-state index is 0. The minimum atomic E-state index is 0. The van der Waals surface area contributed by atoms with E-state index in [1.165, 1.54) is 5.56 Å². The lowest BCUT2D eigenvalue weighted by Gasteiger charge is -2.21. The van der Waals surface area contributed by atoms with Gasteiger partial charge in [0.15, 0.2) is 5.96 Å². The van der Waals surface area contributed by atoms with Gasteiger partial charge in [0.2, 0.25) is 0 Å². The van der Waals surface area contributed by atoms with Gasteiger partial charge in [-0.15, -0.1) is 24.0 Å². The molecule has 4 nitrogen and oxygen atoms in total. The van der Waals surface area contributed by atoms with Crippen molar-refractivity contribution in [2.75, 3.05) is 26.7 Å². The van der Waals surface area contributed by atoms with Gasteiger partial charge in [-0.1, -0.05) is 6.92 Å². The topological polar surface area (TPSA) is 48.5 Å². The Morgan fingerprint density at radius 2 is 2.00 bits per heavy atom. The largest absolute Gasteiger partial charge is 0.356 e. The first-order chi connectivity index (χ1) is 9.42. The van der Waals surface area contributed by atoms with E-state index in [-0.39, 0.29) is 29.5 Å². The van der Waals surface area contributed by atoms with Gasteiger partial charge in [-0.05, 0) is 49.1 Å². The van der Waals surface area contributed by atoms with Crippen LogP contribution in [0.25, 0.3) is 0 Å². The van der Waals surface area contributed by atoms with Gasteiger partial charge in [-0.25, -0.2) is 0 Å². The third-order valence-electron chi connectivity index (χ3n) is 2.98. The van der Waals surface area contributed by atoms with Crippen molar-refractivity contribution in [3.63, 3.8) is 0 Å². The van der Waals surface area contributed by atoms with E-state index < -0.39 is 0 Å². The van der Waals surface area contributed by atoms with Gasteiger partial charge in [0.1, 0.15) is 0 Å². The number of halogens is 1. The smallest absolute Gasteiger partial charge is 0.191 e. The lowest BCUT2D eigenvalue weighted by molar-refractivity contribution is 0.428. The second-order valence-corrected chi connectivity index (χ2v) is 6.79. The van der Waals surface area contributed by atoms with Crippen LogP contribution >= 0.6 is 35.3 Å². The Bertz CT molecular complexity index is 398. The van der Waals surface area contributed by atoms with Crippen LogP contribution in [0.4, 0.5) is 0 Å². The van der Waals surface area contributed by atoms with Crippen molar-refractivity contribution in [3.05, 3.63) is 22.4 Å². The normalized spacial score (nSPS) is 13.5. The van der Waals surface area contributed by atoms with Crippen molar-refractivity contribution in [2.45, 2.75) is 39.2 Å². The summed E-state index contributed by atoms with van der Waals surface area (Å²) < 4.78 is 0. The van der Waals surface area contributed by atoms with E-state index in [1.807, 2.05) is 7.05 Å². The highest BCUT2D eigenvalue weighted by molar-refractivity contribution is 14.0. The zero-order valence-corrected chi connectivity index (χ0v) is 16.8. The van der Waals surface area contributed by atoms with Gasteiger partial charge in [0.25, 0.3) is 0 Å². The Kier molecular flexibility index (Phi) is 10.2. The van der Waals surface area contributed by atoms with Gasteiger partial charge in [0, 0.05) is 32.2 Å². The van der Waals surface area contributed by atoms with Gasteiger partial charge in [-0.3, -0.25) is 4.99 Å². The highest BCUT2D eigenvalue weighted by Crippen LogP contribution is 2.16. The molecule has 0 amide bonds.